The van der Waals surface area contributed by atoms with Crippen molar-refractivity contribution < 1.29 is 17.9 Å². The molecule has 0 bridgehead atoms. The first kappa shape index (κ1) is 23.4. The number of halogens is 1. The molecule has 0 atom stereocenters. The Morgan fingerprint density at radius 3 is 2.44 bits per heavy atom. The lowest BCUT2D eigenvalue weighted by Gasteiger charge is -2.33. The molecule has 2 heterocycles. The fourth-order valence-electron chi connectivity index (χ4n) is 4.10. The summed E-state index contributed by atoms with van der Waals surface area (Å²) in [6.07, 6.45) is 7.27. The van der Waals surface area contributed by atoms with E-state index in [9.17, 15) is 8.42 Å². The number of nitrogens with zero attached hydrogens (tertiary/aromatic N) is 4. The number of aromatic nitrogens is 2. The lowest BCUT2D eigenvalue weighted by molar-refractivity contribution is 0.187. The first-order valence-corrected chi connectivity index (χ1v) is 13.2. The largest absolute Gasteiger partial charge is 0.497 e. The van der Waals surface area contributed by atoms with Crippen LogP contribution in [0.2, 0.25) is 0 Å². The average molecular weight is 525 g/mol. The Hall–Kier alpha value is -1.75. The van der Waals surface area contributed by atoms with Gasteiger partial charge in [-0.25, -0.2) is 13.4 Å². The summed E-state index contributed by atoms with van der Waals surface area (Å²) in [6.45, 7) is 3.06. The van der Waals surface area contributed by atoms with Crippen molar-refractivity contribution in [2.45, 2.75) is 43.1 Å². The van der Waals surface area contributed by atoms with E-state index in [-0.39, 0.29) is 6.10 Å². The quantitative estimate of drug-likeness (QED) is 0.524. The van der Waals surface area contributed by atoms with Gasteiger partial charge in [0.2, 0.25) is 15.9 Å². The molecular formula is C22H29BrN4O4S. The van der Waals surface area contributed by atoms with Gasteiger partial charge < -0.3 is 14.4 Å². The van der Waals surface area contributed by atoms with E-state index in [1.807, 2.05) is 0 Å². The second-order valence-electron chi connectivity index (χ2n) is 8.13. The monoisotopic (exact) mass is 524 g/mol. The zero-order chi connectivity index (χ0) is 22.6. The average Bonchev–Trinajstić information content (AvgIpc) is 3.33. The zero-order valence-electron chi connectivity index (χ0n) is 18.2. The molecule has 1 saturated heterocycles. The molecule has 1 saturated carbocycles. The maximum Gasteiger partial charge on any atom is 0.243 e. The maximum atomic E-state index is 12.9. The highest BCUT2D eigenvalue weighted by molar-refractivity contribution is 9.10. The van der Waals surface area contributed by atoms with Crippen molar-refractivity contribution in [1.29, 1.82) is 0 Å². The molecule has 2 fully saturated rings. The van der Waals surface area contributed by atoms with Gasteiger partial charge in [0.25, 0.3) is 0 Å². The molecule has 10 heteroatoms. The summed E-state index contributed by atoms with van der Waals surface area (Å²) in [5, 5.41) is 0. The van der Waals surface area contributed by atoms with Gasteiger partial charge in [-0.05, 0) is 65.9 Å². The molecule has 1 aromatic carbocycles. The summed E-state index contributed by atoms with van der Waals surface area (Å²) in [7, 11) is -1.93. The van der Waals surface area contributed by atoms with Crippen molar-refractivity contribution in [2.24, 2.45) is 0 Å². The number of benzene rings is 1. The van der Waals surface area contributed by atoms with Crippen LogP contribution >= 0.6 is 15.9 Å². The van der Waals surface area contributed by atoms with E-state index in [0.717, 1.165) is 29.7 Å². The van der Waals surface area contributed by atoms with Crippen molar-refractivity contribution in [3.8, 4) is 11.6 Å². The van der Waals surface area contributed by atoms with Gasteiger partial charge in [-0.2, -0.15) is 9.29 Å². The fourth-order valence-corrected chi connectivity index (χ4v) is 5.81. The standard InChI is InChI=1S/C22H29BrN4O4S/c1-30-17-6-8-19(9-7-17)32(28,29)27-14-12-26(13-15-27)11-10-21-24-16-20(23)22(25-21)31-18-4-2-3-5-18/h6-9,16,18H,2-5,10-15H2,1H3. The van der Waals surface area contributed by atoms with Crippen molar-refractivity contribution >= 4 is 26.0 Å². The van der Waals surface area contributed by atoms with E-state index in [0.29, 0.717) is 49.1 Å². The summed E-state index contributed by atoms with van der Waals surface area (Å²) in [5.74, 6) is 2.01. The van der Waals surface area contributed by atoms with Crippen molar-refractivity contribution in [2.75, 3.05) is 39.8 Å². The zero-order valence-corrected chi connectivity index (χ0v) is 20.6. The Bertz CT molecular complexity index is 1010. The maximum absolute atomic E-state index is 12.9. The number of hydrogen-bond acceptors (Lipinski definition) is 7. The minimum Gasteiger partial charge on any atom is -0.497 e. The third-order valence-electron chi connectivity index (χ3n) is 6.02. The van der Waals surface area contributed by atoms with E-state index in [1.165, 1.54) is 12.8 Å². The van der Waals surface area contributed by atoms with E-state index in [1.54, 1.807) is 41.9 Å². The molecule has 2 aliphatic rings. The minimum absolute atomic E-state index is 0.245. The molecule has 0 N–H and O–H groups in total. The third kappa shape index (κ3) is 5.59. The highest BCUT2D eigenvalue weighted by Gasteiger charge is 2.28. The predicted octanol–water partition coefficient (Wildman–Crippen LogP) is 3.12. The van der Waals surface area contributed by atoms with E-state index in [2.05, 4.69) is 30.8 Å². The molecule has 1 aliphatic carbocycles. The topological polar surface area (TPSA) is 84.9 Å². The van der Waals surface area contributed by atoms with E-state index in [4.69, 9.17) is 9.47 Å². The van der Waals surface area contributed by atoms with Gasteiger partial charge in [0.05, 0.1) is 16.5 Å². The van der Waals surface area contributed by atoms with Crippen LogP contribution in [0.3, 0.4) is 0 Å². The molecule has 174 valence electrons. The van der Waals surface area contributed by atoms with Gasteiger partial charge in [-0.15, -0.1) is 0 Å². The van der Waals surface area contributed by atoms with Gasteiger partial charge in [0.1, 0.15) is 17.7 Å². The summed E-state index contributed by atoms with van der Waals surface area (Å²) in [5.41, 5.74) is 0. The second kappa shape index (κ2) is 10.5. The van der Waals surface area contributed by atoms with Crippen molar-refractivity contribution in [3.05, 3.63) is 40.8 Å². The second-order valence-corrected chi connectivity index (χ2v) is 10.9. The minimum atomic E-state index is -3.49. The van der Waals surface area contributed by atoms with Gasteiger partial charge >= 0.3 is 0 Å². The Morgan fingerprint density at radius 2 is 1.78 bits per heavy atom. The summed E-state index contributed by atoms with van der Waals surface area (Å²) in [6, 6.07) is 6.53. The smallest absolute Gasteiger partial charge is 0.243 e. The summed E-state index contributed by atoms with van der Waals surface area (Å²) >= 11 is 3.49. The normalized spacial score (nSPS) is 18.7. The number of hydrogen-bond donors (Lipinski definition) is 0. The van der Waals surface area contributed by atoms with E-state index >= 15 is 0 Å². The van der Waals surface area contributed by atoms with Crippen LogP contribution in [-0.2, 0) is 16.4 Å². The van der Waals surface area contributed by atoms with Crippen LogP contribution in [0.25, 0.3) is 0 Å². The van der Waals surface area contributed by atoms with E-state index < -0.39 is 10.0 Å². The number of methoxy groups -OCH3 is 1. The number of piperazine rings is 1. The van der Waals surface area contributed by atoms with Crippen LogP contribution in [-0.4, -0.2) is 73.5 Å². The lowest BCUT2D eigenvalue weighted by Crippen LogP contribution is -2.49. The van der Waals surface area contributed by atoms with Crippen LogP contribution < -0.4 is 9.47 Å². The molecule has 0 radical (unpaired) electrons. The lowest BCUT2D eigenvalue weighted by atomic mass is 10.3. The highest BCUT2D eigenvalue weighted by Crippen LogP contribution is 2.28. The van der Waals surface area contributed by atoms with Crippen LogP contribution in [0.4, 0.5) is 0 Å². The molecule has 2 aromatic rings. The summed E-state index contributed by atoms with van der Waals surface area (Å²) in [4.78, 5) is 11.6. The Kier molecular flexibility index (Phi) is 7.65. The van der Waals surface area contributed by atoms with Gasteiger partial charge in [-0.1, -0.05) is 0 Å². The van der Waals surface area contributed by atoms with Gasteiger partial charge in [-0.3, -0.25) is 0 Å². The predicted molar refractivity (Wildman–Crippen MR) is 125 cm³/mol. The van der Waals surface area contributed by atoms with Gasteiger partial charge in [0, 0.05) is 45.3 Å². The molecule has 8 nitrogen and oxygen atoms in total. The molecule has 1 aromatic heterocycles. The highest BCUT2D eigenvalue weighted by atomic mass is 79.9. The van der Waals surface area contributed by atoms with Gasteiger partial charge in [0.15, 0.2) is 0 Å². The van der Waals surface area contributed by atoms with Crippen LogP contribution in [0.15, 0.2) is 39.8 Å². The molecule has 0 unspecified atom stereocenters. The first-order chi connectivity index (χ1) is 15.5. The number of rotatable bonds is 8. The number of ether oxygens (including phenoxy) is 2. The molecule has 0 spiro atoms. The fraction of sp³-hybridized carbons (Fsp3) is 0.545. The molecular weight excluding hydrogens is 496 g/mol. The van der Waals surface area contributed by atoms with Crippen LogP contribution in [0.5, 0.6) is 11.6 Å². The molecule has 1 aliphatic heterocycles. The van der Waals surface area contributed by atoms with Crippen molar-refractivity contribution in [1.82, 2.24) is 19.2 Å². The Balaban J connectivity index is 1.29. The molecule has 32 heavy (non-hydrogen) atoms. The molecule has 4 rings (SSSR count). The van der Waals surface area contributed by atoms with Crippen LogP contribution in [0.1, 0.15) is 31.5 Å². The third-order valence-corrected chi connectivity index (χ3v) is 8.48. The number of sulfonamides is 1. The Morgan fingerprint density at radius 1 is 1.09 bits per heavy atom. The Labute approximate surface area is 198 Å². The summed E-state index contributed by atoms with van der Waals surface area (Å²) < 4.78 is 39.3. The SMILES string of the molecule is COc1ccc(S(=O)(=O)N2CCN(CCc3ncc(Br)c(OC4CCCC4)n3)CC2)cc1. The first-order valence-electron chi connectivity index (χ1n) is 11.0. The molecule has 0 amide bonds. The van der Waals surface area contributed by atoms with Crippen LogP contribution in [0, 0.1) is 0 Å². The van der Waals surface area contributed by atoms with Crippen molar-refractivity contribution in [3.63, 3.8) is 0 Å².